The summed E-state index contributed by atoms with van der Waals surface area (Å²) in [5.74, 6) is 1.91. The summed E-state index contributed by atoms with van der Waals surface area (Å²) in [6.45, 7) is 2.32. The summed E-state index contributed by atoms with van der Waals surface area (Å²) in [6.07, 6.45) is 10.6. The average molecular weight is 410 g/mol. The first-order chi connectivity index (χ1) is 9.01. The Morgan fingerprint density at radius 1 is 1.53 bits per heavy atom. The molecule has 106 valence electrons. The predicted octanol–water partition coefficient (Wildman–Crippen LogP) is 5.45. The van der Waals surface area contributed by atoms with E-state index in [1.807, 2.05) is 0 Å². The van der Waals surface area contributed by atoms with Crippen LogP contribution in [0.15, 0.2) is 33.4 Å². The van der Waals surface area contributed by atoms with E-state index in [-0.39, 0.29) is 0 Å². The van der Waals surface area contributed by atoms with Gasteiger partial charge in [-0.25, -0.2) is 0 Å². The molecule has 4 heteroatoms. The molecule has 2 aliphatic rings. The zero-order chi connectivity index (χ0) is 14.0. The molecule has 1 saturated carbocycles. The highest BCUT2D eigenvalue weighted by Crippen LogP contribution is 2.45. The van der Waals surface area contributed by atoms with E-state index in [1.165, 1.54) is 18.4 Å². The lowest BCUT2D eigenvalue weighted by Gasteiger charge is -2.32. The molecule has 0 aliphatic heterocycles. The third-order valence-electron chi connectivity index (χ3n) is 4.31. The van der Waals surface area contributed by atoms with Crippen molar-refractivity contribution in [3.8, 4) is 0 Å². The summed E-state index contributed by atoms with van der Waals surface area (Å²) in [5, 5.41) is 1.02. The van der Waals surface area contributed by atoms with Crippen molar-refractivity contribution in [1.29, 1.82) is 0 Å². The molecule has 4 atom stereocenters. The summed E-state index contributed by atoms with van der Waals surface area (Å²) in [6, 6.07) is 0. The zero-order valence-electron chi connectivity index (χ0n) is 11.1. The minimum Gasteiger partial charge on any atom is -0.404 e. The van der Waals surface area contributed by atoms with Gasteiger partial charge in [-0.15, -0.1) is 0 Å². The van der Waals surface area contributed by atoms with Gasteiger partial charge in [0, 0.05) is 20.5 Å². The number of rotatable bonds is 1. The van der Waals surface area contributed by atoms with Crippen molar-refractivity contribution in [2.24, 2.45) is 23.5 Å². The molecule has 0 aromatic carbocycles. The van der Waals surface area contributed by atoms with Crippen molar-refractivity contribution in [2.45, 2.75) is 37.4 Å². The van der Waals surface area contributed by atoms with Crippen LogP contribution in [0.3, 0.4) is 0 Å². The van der Waals surface area contributed by atoms with Gasteiger partial charge in [-0.1, -0.05) is 46.1 Å². The second kappa shape index (κ2) is 6.82. The van der Waals surface area contributed by atoms with Gasteiger partial charge < -0.3 is 5.73 Å². The van der Waals surface area contributed by atoms with Gasteiger partial charge in [0.1, 0.15) is 0 Å². The maximum atomic E-state index is 6.25. The van der Waals surface area contributed by atoms with Crippen molar-refractivity contribution in [1.82, 2.24) is 0 Å². The quantitative estimate of drug-likeness (QED) is 0.573. The first-order valence-electron chi connectivity index (χ1n) is 6.79. The molecule has 2 N–H and O–H groups in total. The van der Waals surface area contributed by atoms with Crippen molar-refractivity contribution in [3.63, 3.8) is 0 Å². The average Bonchev–Trinajstić information content (AvgIpc) is 2.51. The third kappa shape index (κ3) is 3.89. The van der Waals surface area contributed by atoms with E-state index in [0.29, 0.717) is 22.6 Å². The van der Waals surface area contributed by atoms with Crippen LogP contribution < -0.4 is 5.73 Å². The Labute approximate surface area is 137 Å². The van der Waals surface area contributed by atoms with Crippen molar-refractivity contribution >= 4 is 43.5 Å². The van der Waals surface area contributed by atoms with Gasteiger partial charge in [0.15, 0.2) is 0 Å². The Kier molecular flexibility index (Phi) is 5.62. The highest BCUT2D eigenvalue weighted by molar-refractivity contribution is 9.11. The molecule has 4 unspecified atom stereocenters. The Hall–Kier alpha value is 0.270. The molecule has 2 aliphatic carbocycles. The number of alkyl halides is 1. The van der Waals surface area contributed by atoms with E-state index < -0.39 is 0 Å². The predicted molar refractivity (Wildman–Crippen MR) is 90.5 cm³/mol. The van der Waals surface area contributed by atoms with E-state index >= 15 is 0 Å². The van der Waals surface area contributed by atoms with Crippen LogP contribution in [-0.4, -0.2) is 4.83 Å². The molecule has 1 nitrogen and oxygen atoms in total. The van der Waals surface area contributed by atoms with Crippen molar-refractivity contribution in [2.75, 3.05) is 0 Å². The summed E-state index contributed by atoms with van der Waals surface area (Å²) >= 11 is 13.6. The fourth-order valence-corrected chi connectivity index (χ4v) is 4.99. The smallest absolute Gasteiger partial charge is 0.0329 e. The van der Waals surface area contributed by atoms with Crippen LogP contribution in [0.4, 0.5) is 0 Å². The second-order valence-electron chi connectivity index (χ2n) is 5.61. The number of halogens is 3. The third-order valence-corrected chi connectivity index (χ3v) is 6.08. The maximum Gasteiger partial charge on any atom is 0.0329 e. The standard InChI is InChI=1S/C15H20Br2ClN/c1-9-4-14-11(6-13(18)7-15(14)17)3-2-10(9)5-12(16)8-19/h5-6,8-9,11,14-15H,2-4,7,19H2,1H3/b10-5-,12-8+. The lowest BCUT2D eigenvalue weighted by molar-refractivity contribution is 0.326. The van der Waals surface area contributed by atoms with Gasteiger partial charge in [-0.2, -0.15) is 0 Å². The molecule has 0 radical (unpaired) electrons. The molecule has 0 heterocycles. The minimum atomic E-state index is 0.519. The van der Waals surface area contributed by atoms with Gasteiger partial charge in [-0.3, -0.25) is 0 Å². The van der Waals surface area contributed by atoms with Gasteiger partial charge in [0.2, 0.25) is 0 Å². The molecular weight excluding hydrogens is 389 g/mol. The molecule has 0 aromatic heterocycles. The van der Waals surface area contributed by atoms with Gasteiger partial charge in [0.25, 0.3) is 0 Å². The fraction of sp³-hybridized carbons (Fsp3) is 0.600. The topological polar surface area (TPSA) is 26.0 Å². The Balaban J connectivity index is 2.20. The summed E-state index contributed by atoms with van der Waals surface area (Å²) in [5.41, 5.74) is 7.04. The van der Waals surface area contributed by atoms with Crippen LogP contribution in [0, 0.1) is 17.8 Å². The molecule has 2 rings (SSSR count). The Bertz CT molecular complexity index is 428. The van der Waals surface area contributed by atoms with Crippen molar-refractivity contribution < 1.29 is 0 Å². The van der Waals surface area contributed by atoms with Crippen LogP contribution in [-0.2, 0) is 0 Å². The maximum absolute atomic E-state index is 6.25. The highest BCUT2D eigenvalue weighted by atomic mass is 79.9. The molecule has 0 aromatic rings. The largest absolute Gasteiger partial charge is 0.404 e. The molecule has 1 fully saturated rings. The van der Waals surface area contributed by atoms with Crippen molar-refractivity contribution in [3.05, 3.63) is 33.4 Å². The number of allylic oxidation sites excluding steroid dienone is 5. The summed E-state index contributed by atoms with van der Waals surface area (Å²) in [7, 11) is 0. The number of hydrogen-bond acceptors (Lipinski definition) is 1. The Morgan fingerprint density at radius 2 is 2.26 bits per heavy atom. The van der Waals surface area contributed by atoms with E-state index in [9.17, 15) is 0 Å². The van der Waals surface area contributed by atoms with Crippen LogP contribution in [0.25, 0.3) is 0 Å². The van der Waals surface area contributed by atoms with Gasteiger partial charge in [0.05, 0.1) is 0 Å². The lowest BCUT2D eigenvalue weighted by Crippen LogP contribution is -2.26. The van der Waals surface area contributed by atoms with E-state index in [4.69, 9.17) is 17.3 Å². The van der Waals surface area contributed by atoms with E-state index in [1.54, 1.807) is 6.20 Å². The molecule has 0 bridgehead atoms. The summed E-state index contributed by atoms with van der Waals surface area (Å²) in [4.78, 5) is 0.519. The van der Waals surface area contributed by atoms with E-state index in [2.05, 4.69) is 50.9 Å². The molecule has 0 saturated heterocycles. The number of hydrogen-bond donors (Lipinski definition) is 1. The number of fused-ring (bicyclic) bond motifs is 1. The van der Waals surface area contributed by atoms with Crippen LogP contribution >= 0.6 is 43.5 Å². The first-order valence-corrected chi connectivity index (χ1v) is 8.88. The monoisotopic (exact) mass is 407 g/mol. The van der Waals surface area contributed by atoms with E-state index in [0.717, 1.165) is 22.4 Å². The van der Waals surface area contributed by atoms with Crippen LogP contribution in [0.2, 0.25) is 0 Å². The zero-order valence-corrected chi connectivity index (χ0v) is 15.0. The second-order valence-corrected chi connectivity index (χ2v) is 8.18. The van der Waals surface area contributed by atoms with Gasteiger partial charge in [-0.05, 0) is 65.4 Å². The molecule has 0 amide bonds. The molecular formula is C15H20Br2ClN. The van der Waals surface area contributed by atoms with Crippen LogP contribution in [0.5, 0.6) is 0 Å². The molecule has 0 spiro atoms. The minimum absolute atomic E-state index is 0.519. The highest BCUT2D eigenvalue weighted by Gasteiger charge is 2.35. The van der Waals surface area contributed by atoms with Gasteiger partial charge >= 0.3 is 0 Å². The normalized spacial score (nSPS) is 38.6. The lowest BCUT2D eigenvalue weighted by atomic mass is 9.79. The number of nitrogens with two attached hydrogens (primary N) is 1. The van der Waals surface area contributed by atoms with Crippen LogP contribution in [0.1, 0.15) is 32.6 Å². The fourth-order valence-electron chi connectivity index (χ4n) is 3.23. The first kappa shape index (κ1) is 15.7. The SMILES string of the molecule is CC1CC2C(Br)CC(Cl)=CC2CC/C1=C/C(Br)=C\N. The summed E-state index contributed by atoms with van der Waals surface area (Å²) < 4.78 is 0.975. The Morgan fingerprint density at radius 3 is 2.95 bits per heavy atom. The molecule has 19 heavy (non-hydrogen) atoms.